The van der Waals surface area contributed by atoms with Crippen molar-refractivity contribution in [3.8, 4) is 11.4 Å². The number of aryl methyl sites for hydroxylation is 1. The molecule has 16 heavy (non-hydrogen) atoms. The molecule has 0 aliphatic carbocycles. The fourth-order valence-electron chi connectivity index (χ4n) is 1.39. The lowest BCUT2D eigenvalue weighted by Crippen LogP contribution is -2.24. The van der Waals surface area contributed by atoms with E-state index in [1.807, 2.05) is 30.3 Å². The Balaban J connectivity index is 2.46. The van der Waals surface area contributed by atoms with Gasteiger partial charge in [0.25, 0.3) is 0 Å². The number of rotatable bonds is 2. The van der Waals surface area contributed by atoms with Crippen LogP contribution in [0.2, 0.25) is 0 Å². The van der Waals surface area contributed by atoms with Crippen molar-refractivity contribution >= 4 is 5.97 Å². The first-order valence-corrected chi connectivity index (χ1v) is 4.79. The Bertz CT molecular complexity index is 524. The quantitative estimate of drug-likeness (QED) is 0.740. The highest BCUT2D eigenvalue weighted by Gasteiger charge is 2.05. The Kier molecular flexibility index (Phi) is 2.64. The van der Waals surface area contributed by atoms with Crippen LogP contribution in [0.25, 0.3) is 11.4 Å². The number of benzene rings is 1. The highest BCUT2D eigenvalue weighted by atomic mass is 16.4. The number of carboxylic acids is 1. The van der Waals surface area contributed by atoms with Crippen LogP contribution in [-0.4, -0.2) is 15.9 Å². The SMILES string of the molecule is Cc1nc(-c2ccccc2)ncc1C(=O)[O-]. The molecule has 0 atom stereocenters. The summed E-state index contributed by atoms with van der Waals surface area (Å²) in [6.07, 6.45) is 1.28. The van der Waals surface area contributed by atoms with Crippen molar-refractivity contribution in [1.82, 2.24) is 9.97 Å². The lowest BCUT2D eigenvalue weighted by molar-refractivity contribution is -0.255. The van der Waals surface area contributed by atoms with Gasteiger partial charge in [-0.1, -0.05) is 30.3 Å². The zero-order valence-corrected chi connectivity index (χ0v) is 8.68. The number of nitrogens with zero attached hydrogens (tertiary/aromatic N) is 2. The van der Waals surface area contributed by atoms with Gasteiger partial charge in [0.05, 0.1) is 11.7 Å². The molecule has 4 nitrogen and oxygen atoms in total. The second-order valence-corrected chi connectivity index (χ2v) is 3.35. The van der Waals surface area contributed by atoms with E-state index < -0.39 is 5.97 Å². The van der Waals surface area contributed by atoms with Gasteiger partial charge in [0, 0.05) is 17.3 Å². The van der Waals surface area contributed by atoms with Gasteiger partial charge < -0.3 is 9.90 Å². The highest BCUT2D eigenvalue weighted by Crippen LogP contribution is 2.15. The van der Waals surface area contributed by atoms with Gasteiger partial charge in [-0.2, -0.15) is 0 Å². The summed E-state index contributed by atoms with van der Waals surface area (Å²) in [5, 5.41) is 10.7. The second kappa shape index (κ2) is 4.10. The summed E-state index contributed by atoms with van der Waals surface area (Å²) in [5.41, 5.74) is 1.30. The molecule has 2 rings (SSSR count). The minimum Gasteiger partial charge on any atom is -0.545 e. The normalized spacial score (nSPS) is 10.1. The molecule has 0 saturated heterocycles. The van der Waals surface area contributed by atoms with Crippen LogP contribution < -0.4 is 5.11 Å². The van der Waals surface area contributed by atoms with E-state index in [1.165, 1.54) is 6.20 Å². The van der Waals surface area contributed by atoms with Crippen LogP contribution in [0.15, 0.2) is 36.5 Å². The first-order valence-electron chi connectivity index (χ1n) is 4.79. The van der Waals surface area contributed by atoms with Gasteiger partial charge >= 0.3 is 0 Å². The third-order valence-corrected chi connectivity index (χ3v) is 2.23. The third kappa shape index (κ3) is 1.91. The van der Waals surface area contributed by atoms with Gasteiger partial charge in [0.2, 0.25) is 0 Å². The monoisotopic (exact) mass is 213 g/mol. The predicted octanol–water partition coefficient (Wildman–Crippen LogP) is 0.816. The zero-order chi connectivity index (χ0) is 11.5. The second-order valence-electron chi connectivity index (χ2n) is 3.35. The number of aromatic carboxylic acids is 1. The van der Waals surface area contributed by atoms with Crippen molar-refractivity contribution in [1.29, 1.82) is 0 Å². The molecule has 0 amide bonds. The Morgan fingerprint density at radius 2 is 1.94 bits per heavy atom. The minimum atomic E-state index is -1.25. The van der Waals surface area contributed by atoms with Crippen molar-refractivity contribution in [2.24, 2.45) is 0 Å². The van der Waals surface area contributed by atoms with Crippen LogP contribution in [0.4, 0.5) is 0 Å². The molecular weight excluding hydrogens is 204 g/mol. The van der Waals surface area contributed by atoms with Gasteiger partial charge in [-0.05, 0) is 6.92 Å². The van der Waals surface area contributed by atoms with E-state index in [4.69, 9.17) is 0 Å². The first-order chi connectivity index (χ1) is 7.68. The smallest absolute Gasteiger partial charge is 0.159 e. The van der Waals surface area contributed by atoms with Crippen molar-refractivity contribution in [2.75, 3.05) is 0 Å². The summed E-state index contributed by atoms with van der Waals surface area (Å²) in [6, 6.07) is 9.38. The van der Waals surface area contributed by atoms with Crippen molar-refractivity contribution < 1.29 is 9.90 Å². The molecular formula is C12H9N2O2-. The summed E-state index contributed by atoms with van der Waals surface area (Å²) in [7, 11) is 0. The van der Waals surface area contributed by atoms with Gasteiger partial charge in [-0.25, -0.2) is 9.97 Å². The molecule has 2 aromatic rings. The highest BCUT2D eigenvalue weighted by molar-refractivity contribution is 5.86. The molecule has 4 heteroatoms. The number of hydrogen-bond acceptors (Lipinski definition) is 4. The molecule has 0 bridgehead atoms. The Hall–Kier alpha value is -2.23. The van der Waals surface area contributed by atoms with Gasteiger partial charge in [-0.3, -0.25) is 0 Å². The average molecular weight is 213 g/mol. The molecule has 0 aliphatic rings. The summed E-state index contributed by atoms with van der Waals surface area (Å²) in [4.78, 5) is 18.8. The molecule has 80 valence electrons. The van der Waals surface area contributed by atoms with Gasteiger partial charge in [0.1, 0.15) is 0 Å². The predicted molar refractivity (Wildman–Crippen MR) is 56.5 cm³/mol. The van der Waals surface area contributed by atoms with E-state index in [2.05, 4.69) is 9.97 Å². The topological polar surface area (TPSA) is 65.9 Å². The van der Waals surface area contributed by atoms with Gasteiger partial charge in [0.15, 0.2) is 5.82 Å². The first kappa shape index (κ1) is 10.3. The zero-order valence-electron chi connectivity index (χ0n) is 8.68. The largest absolute Gasteiger partial charge is 0.545 e. The van der Waals surface area contributed by atoms with Crippen LogP contribution in [0, 0.1) is 6.92 Å². The molecule has 0 spiro atoms. The lowest BCUT2D eigenvalue weighted by atomic mass is 10.2. The van der Waals surface area contributed by atoms with Crippen LogP contribution in [0.1, 0.15) is 16.1 Å². The summed E-state index contributed by atoms with van der Waals surface area (Å²) in [6.45, 7) is 1.62. The third-order valence-electron chi connectivity index (χ3n) is 2.23. The lowest BCUT2D eigenvalue weighted by Gasteiger charge is -2.07. The maximum atomic E-state index is 10.7. The number of aromatic nitrogens is 2. The molecule has 0 saturated carbocycles. The minimum absolute atomic E-state index is 0.0275. The van der Waals surface area contributed by atoms with Gasteiger partial charge in [-0.15, -0.1) is 0 Å². The van der Waals surface area contributed by atoms with Crippen molar-refractivity contribution in [3.63, 3.8) is 0 Å². The molecule has 0 N–H and O–H groups in total. The van der Waals surface area contributed by atoms with E-state index in [1.54, 1.807) is 6.92 Å². The van der Waals surface area contributed by atoms with E-state index in [0.29, 0.717) is 11.5 Å². The fraction of sp³-hybridized carbons (Fsp3) is 0.0833. The van der Waals surface area contributed by atoms with E-state index in [-0.39, 0.29) is 5.56 Å². The summed E-state index contributed by atoms with van der Waals surface area (Å²) < 4.78 is 0. The number of carbonyl (C=O) groups excluding carboxylic acids is 1. The summed E-state index contributed by atoms with van der Waals surface area (Å²) in [5.74, 6) is -0.736. The maximum Gasteiger partial charge on any atom is 0.159 e. The van der Waals surface area contributed by atoms with Crippen molar-refractivity contribution in [2.45, 2.75) is 6.92 Å². The summed E-state index contributed by atoms with van der Waals surface area (Å²) >= 11 is 0. The standard InChI is InChI=1S/C12H10N2O2/c1-8-10(12(15)16)7-13-11(14-8)9-5-3-2-4-6-9/h2-7H,1H3,(H,15,16)/p-1. The van der Waals surface area contributed by atoms with E-state index in [0.717, 1.165) is 5.56 Å². The Morgan fingerprint density at radius 3 is 2.50 bits per heavy atom. The van der Waals surface area contributed by atoms with Crippen LogP contribution in [-0.2, 0) is 0 Å². The molecule has 1 aromatic carbocycles. The average Bonchev–Trinajstić information content (AvgIpc) is 2.29. The van der Waals surface area contributed by atoms with E-state index >= 15 is 0 Å². The number of carbonyl (C=O) groups is 1. The Morgan fingerprint density at radius 1 is 1.25 bits per heavy atom. The fourth-order valence-corrected chi connectivity index (χ4v) is 1.39. The van der Waals surface area contributed by atoms with Crippen LogP contribution in [0.3, 0.4) is 0 Å². The van der Waals surface area contributed by atoms with Crippen molar-refractivity contribution in [3.05, 3.63) is 47.8 Å². The molecule has 1 heterocycles. The molecule has 1 aromatic heterocycles. The molecule has 0 radical (unpaired) electrons. The number of carboxylic acid groups (broad SMARTS) is 1. The Labute approximate surface area is 92.6 Å². The molecule has 0 unspecified atom stereocenters. The van der Waals surface area contributed by atoms with Crippen LogP contribution >= 0.6 is 0 Å². The molecule has 0 fully saturated rings. The number of hydrogen-bond donors (Lipinski definition) is 0. The van der Waals surface area contributed by atoms with E-state index in [9.17, 15) is 9.90 Å². The maximum absolute atomic E-state index is 10.7. The molecule has 0 aliphatic heterocycles. The van der Waals surface area contributed by atoms with Crippen LogP contribution in [0.5, 0.6) is 0 Å².